The number of carbonyl (C=O) groups excluding carboxylic acids is 2. The second-order valence-corrected chi connectivity index (χ2v) is 13.6. The van der Waals surface area contributed by atoms with Gasteiger partial charge in [0.2, 0.25) is 5.91 Å². The maximum atomic E-state index is 13.2. The van der Waals surface area contributed by atoms with Gasteiger partial charge < -0.3 is 25.6 Å². The SMILES string of the molecule is CC(C)C(C=O)NCCCCCCCCCC[C@@H](Cc1ccccc1)C(Cc1ccccc1)(NC(=O)O)N[C@H](C(=O)NC(=O)O)C(C)C. The molecule has 0 bridgehead atoms. The third-order valence-corrected chi connectivity index (χ3v) is 8.99. The maximum absolute atomic E-state index is 13.2. The van der Waals surface area contributed by atoms with E-state index in [1.54, 1.807) is 0 Å². The molecule has 3 amide bonds. The van der Waals surface area contributed by atoms with Crippen LogP contribution >= 0.6 is 0 Å². The Morgan fingerprint density at radius 1 is 0.729 bits per heavy atom. The normalized spacial score (nSPS) is 14.5. The Kier molecular flexibility index (Phi) is 18.5. The lowest BCUT2D eigenvalue weighted by molar-refractivity contribution is -0.124. The van der Waals surface area contributed by atoms with Crippen molar-refractivity contribution in [3.63, 3.8) is 0 Å². The van der Waals surface area contributed by atoms with E-state index in [4.69, 9.17) is 0 Å². The van der Waals surface area contributed by atoms with E-state index in [2.05, 4.69) is 16.0 Å². The number of carbonyl (C=O) groups is 4. The number of rotatable bonds is 24. The minimum absolute atomic E-state index is 0.0822. The summed E-state index contributed by atoms with van der Waals surface area (Å²) in [6, 6.07) is 18.4. The molecule has 6 N–H and O–H groups in total. The molecular formula is C38H58N4O6. The van der Waals surface area contributed by atoms with Crippen molar-refractivity contribution >= 4 is 24.4 Å². The van der Waals surface area contributed by atoms with Gasteiger partial charge in [0.25, 0.3) is 0 Å². The smallest absolute Gasteiger partial charge is 0.411 e. The molecular weight excluding hydrogens is 608 g/mol. The van der Waals surface area contributed by atoms with Crippen molar-refractivity contribution < 1.29 is 29.4 Å². The Hall–Kier alpha value is -3.76. The molecule has 0 saturated carbocycles. The van der Waals surface area contributed by atoms with Crippen molar-refractivity contribution in [2.24, 2.45) is 17.8 Å². The van der Waals surface area contributed by atoms with Gasteiger partial charge in [-0.1, -0.05) is 133 Å². The van der Waals surface area contributed by atoms with Crippen LogP contribution in [0.3, 0.4) is 0 Å². The van der Waals surface area contributed by atoms with Crippen molar-refractivity contribution in [2.45, 2.75) is 116 Å². The fourth-order valence-corrected chi connectivity index (χ4v) is 6.31. The third-order valence-electron chi connectivity index (χ3n) is 8.99. The van der Waals surface area contributed by atoms with Gasteiger partial charge in [0.05, 0.1) is 12.1 Å². The van der Waals surface area contributed by atoms with Crippen LogP contribution in [0.5, 0.6) is 0 Å². The molecule has 10 heteroatoms. The number of benzene rings is 2. The molecule has 266 valence electrons. The zero-order valence-electron chi connectivity index (χ0n) is 29.3. The summed E-state index contributed by atoms with van der Waals surface area (Å²) in [6.07, 6.45) is 8.34. The molecule has 0 saturated heterocycles. The van der Waals surface area contributed by atoms with E-state index in [0.717, 1.165) is 75.3 Å². The van der Waals surface area contributed by atoms with Crippen LogP contribution in [0.25, 0.3) is 0 Å². The van der Waals surface area contributed by atoms with E-state index in [0.29, 0.717) is 18.8 Å². The zero-order valence-corrected chi connectivity index (χ0v) is 29.3. The number of hydrogen-bond acceptors (Lipinski definition) is 6. The standard InChI is InChI=1S/C38H58N4O6/c1-28(2)33(27-43)39-24-18-10-8-6-5-7-9-17-23-32(25-30-19-13-11-14-20-30)38(42-37(47)48,26-31-21-15-12-16-22-31)41-34(29(3)4)35(44)40-36(45)46/h11-16,19-22,27-29,32-34,39,41-42H,5-10,17-18,23-26H2,1-4H3,(H,40,44)(H,45,46)(H,47,48)/t32-,33?,34-,38?/m0/s1. The molecule has 0 spiro atoms. The summed E-state index contributed by atoms with van der Waals surface area (Å²) in [4.78, 5) is 48.3. The highest BCUT2D eigenvalue weighted by Gasteiger charge is 2.44. The number of nitrogens with one attached hydrogen (secondary N) is 4. The highest BCUT2D eigenvalue weighted by Crippen LogP contribution is 2.31. The van der Waals surface area contributed by atoms with Gasteiger partial charge >= 0.3 is 12.2 Å². The predicted molar refractivity (Wildman–Crippen MR) is 190 cm³/mol. The van der Waals surface area contributed by atoms with E-state index >= 15 is 0 Å². The van der Waals surface area contributed by atoms with Crippen LogP contribution < -0.4 is 21.3 Å². The Labute approximate surface area is 286 Å². The molecule has 2 unspecified atom stereocenters. The summed E-state index contributed by atoms with van der Waals surface area (Å²) in [5.41, 5.74) is 0.659. The minimum atomic E-state index is -1.46. The van der Waals surface area contributed by atoms with Crippen LogP contribution in [-0.4, -0.2) is 58.9 Å². The first kappa shape index (κ1) is 40.4. The predicted octanol–water partition coefficient (Wildman–Crippen LogP) is 6.78. The van der Waals surface area contributed by atoms with Gasteiger partial charge in [-0.25, -0.2) is 9.59 Å². The molecule has 0 aromatic heterocycles. The van der Waals surface area contributed by atoms with E-state index in [-0.39, 0.29) is 24.3 Å². The fraction of sp³-hybridized carbons (Fsp3) is 0.579. The van der Waals surface area contributed by atoms with Gasteiger partial charge in [0, 0.05) is 6.42 Å². The van der Waals surface area contributed by atoms with Crippen molar-refractivity contribution in [1.29, 1.82) is 0 Å². The first-order valence-electron chi connectivity index (χ1n) is 17.6. The molecule has 4 atom stereocenters. The molecule has 0 aliphatic rings. The summed E-state index contributed by atoms with van der Waals surface area (Å²) in [7, 11) is 0. The van der Waals surface area contributed by atoms with Gasteiger partial charge in [-0.05, 0) is 54.7 Å². The van der Waals surface area contributed by atoms with E-state index in [1.807, 2.05) is 93.7 Å². The zero-order chi connectivity index (χ0) is 35.4. The number of aldehydes is 1. The van der Waals surface area contributed by atoms with Crippen molar-refractivity contribution in [2.75, 3.05) is 6.54 Å². The lowest BCUT2D eigenvalue weighted by atomic mass is 9.78. The fourth-order valence-electron chi connectivity index (χ4n) is 6.31. The van der Waals surface area contributed by atoms with Crippen LogP contribution in [0.1, 0.15) is 96.6 Å². The van der Waals surface area contributed by atoms with Crippen molar-refractivity contribution in [3.05, 3.63) is 71.8 Å². The number of hydrogen-bond donors (Lipinski definition) is 6. The Morgan fingerprint density at radius 3 is 1.77 bits per heavy atom. The van der Waals surface area contributed by atoms with E-state index < -0.39 is 29.8 Å². The Morgan fingerprint density at radius 2 is 1.27 bits per heavy atom. The average Bonchev–Trinajstić information content (AvgIpc) is 3.03. The molecule has 2 aromatic rings. The monoisotopic (exact) mass is 666 g/mol. The maximum Gasteiger partial charge on any atom is 0.411 e. The second-order valence-electron chi connectivity index (χ2n) is 13.6. The Bertz CT molecular complexity index is 1230. The molecule has 2 aromatic carbocycles. The van der Waals surface area contributed by atoms with Crippen LogP contribution in [0.2, 0.25) is 0 Å². The highest BCUT2D eigenvalue weighted by molar-refractivity contribution is 5.94. The quantitative estimate of drug-likeness (QED) is 0.0407. The topological polar surface area (TPSA) is 157 Å². The van der Waals surface area contributed by atoms with Crippen LogP contribution in [0, 0.1) is 17.8 Å². The first-order valence-corrected chi connectivity index (χ1v) is 17.6. The van der Waals surface area contributed by atoms with Crippen molar-refractivity contribution in [3.8, 4) is 0 Å². The van der Waals surface area contributed by atoms with Gasteiger partial charge in [0.1, 0.15) is 11.9 Å². The number of carboxylic acid groups (broad SMARTS) is 2. The largest absolute Gasteiger partial charge is 0.465 e. The molecule has 0 heterocycles. The summed E-state index contributed by atoms with van der Waals surface area (Å²) < 4.78 is 0. The van der Waals surface area contributed by atoms with E-state index in [9.17, 15) is 29.4 Å². The molecule has 2 rings (SSSR count). The summed E-state index contributed by atoms with van der Waals surface area (Å²) in [6.45, 7) is 8.55. The minimum Gasteiger partial charge on any atom is -0.465 e. The Balaban J connectivity index is 2.20. The third kappa shape index (κ3) is 15.0. The van der Waals surface area contributed by atoms with Crippen LogP contribution in [0.15, 0.2) is 60.7 Å². The summed E-state index contributed by atoms with van der Waals surface area (Å²) in [5.74, 6) is -1.02. The van der Waals surface area contributed by atoms with Gasteiger partial charge in [0.15, 0.2) is 0 Å². The van der Waals surface area contributed by atoms with E-state index in [1.165, 1.54) is 0 Å². The van der Waals surface area contributed by atoms with Gasteiger partial charge in [-0.15, -0.1) is 0 Å². The molecule has 48 heavy (non-hydrogen) atoms. The number of unbranched alkanes of at least 4 members (excludes halogenated alkanes) is 7. The molecule has 0 radical (unpaired) electrons. The molecule has 0 aliphatic heterocycles. The number of amides is 3. The van der Waals surface area contributed by atoms with Crippen LogP contribution in [-0.2, 0) is 22.4 Å². The highest BCUT2D eigenvalue weighted by atomic mass is 16.4. The molecule has 0 fully saturated rings. The first-order chi connectivity index (χ1) is 23.0. The lowest BCUT2D eigenvalue weighted by Gasteiger charge is -2.45. The second kappa shape index (κ2) is 22.0. The summed E-state index contributed by atoms with van der Waals surface area (Å²) in [5, 5.41) is 31.0. The summed E-state index contributed by atoms with van der Waals surface area (Å²) >= 11 is 0. The van der Waals surface area contributed by atoms with Gasteiger partial charge in [-0.3, -0.25) is 15.4 Å². The van der Waals surface area contributed by atoms with Crippen LogP contribution in [0.4, 0.5) is 9.59 Å². The molecule has 10 nitrogen and oxygen atoms in total. The molecule has 0 aliphatic carbocycles. The van der Waals surface area contributed by atoms with Crippen molar-refractivity contribution in [1.82, 2.24) is 21.3 Å². The lowest BCUT2D eigenvalue weighted by Crippen LogP contribution is -2.70. The van der Waals surface area contributed by atoms with Gasteiger partial charge in [-0.2, -0.15) is 0 Å². The average molecular weight is 667 g/mol. The number of imide groups is 1.